The number of anilines is 1. The summed E-state index contributed by atoms with van der Waals surface area (Å²) in [5.41, 5.74) is 0.691. The minimum absolute atomic E-state index is 0.154. The van der Waals surface area contributed by atoms with Crippen molar-refractivity contribution in [3.63, 3.8) is 0 Å². The highest BCUT2D eigenvalue weighted by Gasteiger charge is 2.32. The topological polar surface area (TPSA) is 64.4 Å². The van der Waals surface area contributed by atoms with Crippen molar-refractivity contribution in [1.82, 2.24) is 20.2 Å². The zero-order valence-corrected chi connectivity index (χ0v) is 16.1. The number of hydrogen-bond acceptors (Lipinski definition) is 5. The Hall–Kier alpha value is -2.74. The number of tetrazole rings is 1. The van der Waals surface area contributed by atoms with E-state index in [9.17, 15) is 4.39 Å². The maximum Gasteiger partial charge on any atom is 0.209 e. The van der Waals surface area contributed by atoms with Crippen LogP contribution in [0.5, 0.6) is 0 Å². The molecule has 0 radical (unpaired) electrons. The molecule has 0 saturated carbocycles. The molecule has 1 aromatic carbocycles. The van der Waals surface area contributed by atoms with Gasteiger partial charge < -0.3 is 14.2 Å². The molecule has 7 nitrogen and oxygen atoms in total. The van der Waals surface area contributed by atoms with E-state index in [4.69, 9.17) is 4.42 Å². The molecule has 0 bridgehead atoms. The van der Waals surface area contributed by atoms with Gasteiger partial charge in [0, 0.05) is 6.42 Å². The Kier molecular flexibility index (Phi) is 5.66. The van der Waals surface area contributed by atoms with Gasteiger partial charge in [-0.3, -0.25) is 0 Å². The number of nitrogens with zero attached hydrogens (tertiary/aromatic N) is 5. The highest BCUT2D eigenvalue weighted by atomic mass is 19.1. The summed E-state index contributed by atoms with van der Waals surface area (Å²) in [5.74, 6) is 1.58. The van der Waals surface area contributed by atoms with E-state index in [-0.39, 0.29) is 11.9 Å². The molecule has 0 spiro atoms. The van der Waals surface area contributed by atoms with Crippen LogP contribution in [0, 0.1) is 5.82 Å². The molecule has 1 aliphatic heterocycles. The number of rotatable bonds is 7. The molecule has 148 valence electrons. The lowest BCUT2D eigenvalue weighted by atomic mass is 10.1. The Morgan fingerprint density at radius 3 is 2.71 bits per heavy atom. The molecule has 1 saturated heterocycles. The van der Waals surface area contributed by atoms with Gasteiger partial charge in [-0.05, 0) is 34.7 Å². The van der Waals surface area contributed by atoms with Gasteiger partial charge in [0.05, 0.1) is 38.1 Å². The van der Waals surface area contributed by atoms with E-state index in [1.807, 2.05) is 28.9 Å². The predicted octanol–water partition coefficient (Wildman–Crippen LogP) is 1.70. The van der Waals surface area contributed by atoms with E-state index in [2.05, 4.69) is 27.3 Å². The number of nitrogens with one attached hydrogen (secondary N) is 1. The first-order valence-electron chi connectivity index (χ1n) is 9.88. The number of aromatic nitrogens is 4. The normalized spacial score (nSPS) is 16.4. The minimum Gasteiger partial charge on any atom is -0.467 e. The van der Waals surface area contributed by atoms with Crippen LogP contribution in [-0.4, -0.2) is 46.4 Å². The van der Waals surface area contributed by atoms with Crippen LogP contribution in [0.2, 0.25) is 0 Å². The molecule has 3 heterocycles. The smallest absolute Gasteiger partial charge is 0.209 e. The minimum atomic E-state index is -0.154. The molecule has 1 N–H and O–H groups in total. The van der Waals surface area contributed by atoms with Crippen molar-refractivity contribution in [2.45, 2.75) is 32.4 Å². The largest absolute Gasteiger partial charge is 0.467 e. The van der Waals surface area contributed by atoms with Gasteiger partial charge in [0.1, 0.15) is 24.2 Å². The summed E-state index contributed by atoms with van der Waals surface area (Å²) in [6.07, 6.45) is 3.72. The molecule has 0 aliphatic carbocycles. The average Bonchev–Trinajstić information content (AvgIpc) is 3.39. The van der Waals surface area contributed by atoms with E-state index in [0.717, 1.165) is 50.6 Å². The van der Waals surface area contributed by atoms with Crippen LogP contribution < -0.4 is 9.80 Å². The van der Waals surface area contributed by atoms with Crippen LogP contribution >= 0.6 is 0 Å². The zero-order chi connectivity index (χ0) is 19.3. The molecule has 8 heteroatoms. The molecule has 0 unspecified atom stereocenters. The van der Waals surface area contributed by atoms with E-state index in [1.54, 1.807) is 12.3 Å². The number of halogens is 1. The third-order valence-electron chi connectivity index (χ3n) is 5.43. The lowest BCUT2D eigenvalue weighted by molar-refractivity contribution is -0.933. The van der Waals surface area contributed by atoms with Crippen molar-refractivity contribution < 1.29 is 13.7 Å². The summed E-state index contributed by atoms with van der Waals surface area (Å²) in [7, 11) is 0. The highest BCUT2D eigenvalue weighted by Crippen LogP contribution is 2.19. The van der Waals surface area contributed by atoms with Crippen LogP contribution in [-0.2, 0) is 6.54 Å². The van der Waals surface area contributed by atoms with Gasteiger partial charge in [-0.1, -0.05) is 25.5 Å². The molecule has 1 atom stereocenters. The van der Waals surface area contributed by atoms with Gasteiger partial charge in [-0.2, -0.15) is 0 Å². The Morgan fingerprint density at radius 2 is 2.00 bits per heavy atom. The predicted molar refractivity (Wildman–Crippen MR) is 103 cm³/mol. The fourth-order valence-corrected chi connectivity index (χ4v) is 4.02. The molecule has 1 aliphatic rings. The van der Waals surface area contributed by atoms with E-state index < -0.39 is 0 Å². The maximum absolute atomic E-state index is 14.1. The number of benzene rings is 1. The summed E-state index contributed by atoms with van der Waals surface area (Å²) in [4.78, 5) is 3.58. The summed E-state index contributed by atoms with van der Waals surface area (Å²) >= 11 is 0. The SMILES string of the molecule is CCC[C@H](c1nnnn1Cc1ccco1)[NH+]1CCN(c2ccccc2F)CC1. The molecule has 1 fully saturated rings. The second-order valence-electron chi connectivity index (χ2n) is 7.21. The first kappa shape index (κ1) is 18.6. The van der Waals surface area contributed by atoms with Gasteiger partial charge in [0.25, 0.3) is 0 Å². The summed E-state index contributed by atoms with van der Waals surface area (Å²) in [5, 5.41) is 12.5. The fourth-order valence-electron chi connectivity index (χ4n) is 4.02. The summed E-state index contributed by atoms with van der Waals surface area (Å²) < 4.78 is 21.4. The van der Waals surface area contributed by atoms with Gasteiger partial charge in [0.15, 0.2) is 0 Å². The van der Waals surface area contributed by atoms with E-state index in [0.29, 0.717) is 12.2 Å². The Bertz CT molecular complexity index is 872. The maximum atomic E-state index is 14.1. The van der Waals surface area contributed by atoms with Crippen molar-refractivity contribution >= 4 is 5.69 Å². The third-order valence-corrected chi connectivity index (χ3v) is 5.43. The lowest BCUT2D eigenvalue weighted by Gasteiger charge is -2.37. The van der Waals surface area contributed by atoms with E-state index >= 15 is 0 Å². The van der Waals surface area contributed by atoms with Crippen LogP contribution in [0.1, 0.15) is 37.4 Å². The summed E-state index contributed by atoms with van der Waals surface area (Å²) in [6.45, 7) is 6.19. The molecular weight excluding hydrogens is 359 g/mol. The van der Waals surface area contributed by atoms with Crippen LogP contribution in [0.15, 0.2) is 47.1 Å². The monoisotopic (exact) mass is 385 g/mol. The molecule has 3 aromatic rings. The van der Waals surface area contributed by atoms with Gasteiger partial charge in [0.2, 0.25) is 5.82 Å². The quantitative estimate of drug-likeness (QED) is 0.671. The van der Waals surface area contributed by atoms with Crippen molar-refractivity contribution in [1.29, 1.82) is 0 Å². The van der Waals surface area contributed by atoms with E-state index in [1.165, 1.54) is 11.0 Å². The fraction of sp³-hybridized carbons (Fsp3) is 0.450. The Labute approximate surface area is 163 Å². The number of piperazine rings is 1. The van der Waals surface area contributed by atoms with Gasteiger partial charge in [-0.15, -0.1) is 5.10 Å². The van der Waals surface area contributed by atoms with Crippen molar-refractivity contribution in [3.8, 4) is 0 Å². The third kappa shape index (κ3) is 3.91. The molecule has 2 aromatic heterocycles. The Morgan fingerprint density at radius 1 is 1.18 bits per heavy atom. The van der Waals surface area contributed by atoms with Crippen molar-refractivity contribution in [2.24, 2.45) is 0 Å². The summed E-state index contributed by atoms with van der Waals surface area (Å²) in [6, 6.07) is 11.0. The van der Waals surface area contributed by atoms with Crippen molar-refractivity contribution in [3.05, 3.63) is 60.1 Å². The van der Waals surface area contributed by atoms with Crippen LogP contribution in [0.3, 0.4) is 0 Å². The van der Waals surface area contributed by atoms with Gasteiger partial charge >= 0.3 is 0 Å². The lowest BCUT2D eigenvalue weighted by Crippen LogP contribution is -3.15. The average molecular weight is 385 g/mol. The van der Waals surface area contributed by atoms with Crippen LogP contribution in [0.4, 0.5) is 10.1 Å². The van der Waals surface area contributed by atoms with Gasteiger partial charge in [-0.25, -0.2) is 9.07 Å². The number of para-hydroxylation sites is 1. The highest BCUT2D eigenvalue weighted by molar-refractivity contribution is 5.47. The molecular formula is C20H26FN6O+. The number of furan rings is 1. The molecule has 4 rings (SSSR count). The zero-order valence-electron chi connectivity index (χ0n) is 16.1. The second kappa shape index (κ2) is 8.52. The first-order valence-corrected chi connectivity index (χ1v) is 9.88. The standard InChI is InChI=1S/C20H25FN6O/c1-2-6-19(20-22-23-24-27(20)15-16-7-5-14-28-16)26-12-10-25(11-13-26)18-9-4-3-8-17(18)21/h3-5,7-9,14,19H,2,6,10-13,15H2,1H3/p+1/t19-/m1/s1. The number of hydrogen-bond donors (Lipinski definition) is 1. The molecule has 28 heavy (non-hydrogen) atoms. The Balaban J connectivity index is 1.48. The van der Waals surface area contributed by atoms with Crippen molar-refractivity contribution in [2.75, 3.05) is 31.1 Å². The number of quaternary nitrogens is 1. The second-order valence-corrected chi connectivity index (χ2v) is 7.21. The van der Waals surface area contributed by atoms with Crippen LogP contribution in [0.25, 0.3) is 0 Å². The molecule has 0 amide bonds. The first-order chi connectivity index (χ1) is 13.8.